The van der Waals surface area contributed by atoms with E-state index in [1.54, 1.807) is 24.4 Å². The number of rotatable bonds is 3. The average molecular weight is 305 g/mol. The van der Waals surface area contributed by atoms with Crippen molar-refractivity contribution in [2.24, 2.45) is 0 Å². The summed E-state index contributed by atoms with van der Waals surface area (Å²) in [7, 11) is -3.77. The Morgan fingerprint density at radius 1 is 1.33 bits per heavy atom. The second-order valence-corrected chi connectivity index (χ2v) is 6.46. The van der Waals surface area contributed by atoms with E-state index in [1.807, 2.05) is 0 Å². The maximum absolute atomic E-state index is 12.6. The number of nitrogens with zero attached hydrogens (tertiary/aromatic N) is 1. The molecule has 1 aromatic heterocycles. The maximum atomic E-state index is 12.6. The molecule has 1 aromatic carbocycles. The van der Waals surface area contributed by atoms with Crippen molar-refractivity contribution >= 4 is 21.4 Å². The van der Waals surface area contributed by atoms with E-state index in [0.717, 1.165) is 18.4 Å². The second-order valence-electron chi connectivity index (χ2n) is 4.81. The van der Waals surface area contributed by atoms with Crippen LogP contribution in [0.5, 0.6) is 5.75 Å². The molecule has 0 amide bonds. The third kappa shape index (κ3) is 2.78. The Labute approximate surface area is 123 Å². The van der Waals surface area contributed by atoms with Gasteiger partial charge in [-0.1, -0.05) is 0 Å². The molecule has 0 saturated heterocycles. The van der Waals surface area contributed by atoms with Crippen molar-refractivity contribution < 1.29 is 13.2 Å². The first-order chi connectivity index (χ1) is 10.1. The van der Waals surface area contributed by atoms with Gasteiger partial charge >= 0.3 is 0 Å². The summed E-state index contributed by atoms with van der Waals surface area (Å²) in [6.45, 7) is 0.506. The number of aryl methyl sites for hydroxylation is 1. The van der Waals surface area contributed by atoms with Crippen molar-refractivity contribution in [1.82, 2.24) is 4.98 Å². The molecule has 0 aliphatic carbocycles. The molecule has 0 unspecified atom stereocenters. The van der Waals surface area contributed by atoms with Crippen molar-refractivity contribution in [3.8, 4) is 5.75 Å². The van der Waals surface area contributed by atoms with Gasteiger partial charge in [-0.05, 0) is 42.7 Å². The highest BCUT2D eigenvalue weighted by Gasteiger charge is 2.25. The largest absolute Gasteiger partial charge is 0.492 e. The molecule has 0 bridgehead atoms. The van der Waals surface area contributed by atoms with Crippen LogP contribution in [0.2, 0.25) is 0 Å². The lowest BCUT2D eigenvalue weighted by atomic mass is 10.1. The van der Waals surface area contributed by atoms with Crippen LogP contribution in [0.25, 0.3) is 0 Å². The molecular formula is C14H15N3O3S. The summed E-state index contributed by atoms with van der Waals surface area (Å²) in [5, 5.41) is 0. The highest BCUT2D eigenvalue weighted by molar-refractivity contribution is 7.92. The van der Waals surface area contributed by atoms with E-state index in [9.17, 15) is 8.42 Å². The van der Waals surface area contributed by atoms with Crippen LogP contribution in [-0.2, 0) is 16.4 Å². The van der Waals surface area contributed by atoms with Crippen LogP contribution in [0.1, 0.15) is 12.0 Å². The summed E-state index contributed by atoms with van der Waals surface area (Å²) < 4.78 is 33.1. The van der Waals surface area contributed by atoms with Gasteiger partial charge in [0.15, 0.2) is 0 Å². The lowest BCUT2D eigenvalue weighted by Gasteiger charge is -2.21. The van der Waals surface area contributed by atoms with Crippen molar-refractivity contribution in [2.75, 3.05) is 17.1 Å². The van der Waals surface area contributed by atoms with Gasteiger partial charge in [0, 0.05) is 11.9 Å². The summed E-state index contributed by atoms with van der Waals surface area (Å²) in [5.74, 6) is 0.395. The zero-order valence-corrected chi connectivity index (χ0v) is 12.1. The number of aromatic nitrogens is 1. The van der Waals surface area contributed by atoms with Gasteiger partial charge in [0.2, 0.25) is 0 Å². The van der Waals surface area contributed by atoms with E-state index in [4.69, 9.17) is 10.5 Å². The molecule has 0 spiro atoms. The number of sulfonamides is 1. The number of ether oxygens (including phenoxy) is 1. The van der Waals surface area contributed by atoms with Gasteiger partial charge in [0.05, 0.1) is 18.5 Å². The normalized spacial score (nSPS) is 14.1. The predicted octanol–water partition coefficient (Wildman–Crippen LogP) is 1.79. The number of nitrogens with one attached hydrogen (secondary N) is 1. The van der Waals surface area contributed by atoms with Gasteiger partial charge < -0.3 is 10.5 Å². The van der Waals surface area contributed by atoms with Crippen LogP contribution in [0, 0.1) is 0 Å². The van der Waals surface area contributed by atoms with E-state index in [1.165, 1.54) is 12.3 Å². The molecule has 21 heavy (non-hydrogen) atoms. The molecule has 0 radical (unpaired) electrons. The van der Waals surface area contributed by atoms with Gasteiger partial charge in [-0.3, -0.25) is 9.71 Å². The number of hydrogen-bond donors (Lipinski definition) is 2. The summed E-state index contributed by atoms with van der Waals surface area (Å²) in [6, 6.07) is 6.47. The van der Waals surface area contributed by atoms with Gasteiger partial charge in [-0.25, -0.2) is 8.42 Å². The highest BCUT2D eigenvalue weighted by Crippen LogP contribution is 2.35. The molecule has 7 heteroatoms. The molecule has 3 rings (SSSR count). The zero-order chi connectivity index (χ0) is 14.9. The predicted molar refractivity (Wildman–Crippen MR) is 79.7 cm³/mol. The average Bonchev–Trinajstić information content (AvgIpc) is 2.47. The van der Waals surface area contributed by atoms with E-state index in [2.05, 4.69) is 9.71 Å². The fourth-order valence-electron chi connectivity index (χ4n) is 2.30. The molecular weight excluding hydrogens is 290 g/mol. The van der Waals surface area contributed by atoms with Crippen molar-refractivity contribution in [1.29, 1.82) is 0 Å². The Kier molecular flexibility index (Phi) is 3.42. The molecule has 2 heterocycles. The molecule has 2 aromatic rings. The quantitative estimate of drug-likeness (QED) is 0.843. The molecule has 0 saturated carbocycles. The van der Waals surface area contributed by atoms with Crippen molar-refractivity contribution in [3.63, 3.8) is 0 Å². The number of benzene rings is 1. The fraction of sp³-hybridized carbons (Fsp3) is 0.214. The summed E-state index contributed by atoms with van der Waals surface area (Å²) in [5.41, 5.74) is 7.44. The molecule has 110 valence electrons. The SMILES string of the molecule is Nc1cc2c(c(S(=O)(=O)Nc3cccnc3)c1)OCCC2. The molecule has 1 aliphatic rings. The van der Waals surface area contributed by atoms with Crippen LogP contribution >= 0.6 is 0 Å². The van der Waals surface area contributed by atoms with Crippen LogP contribution in [0.15, 0.2) is 41.6 Å². The van der Waals surface area contributed by atoms with E-state index in [-0.39, 0.29) is 4.90 Å². The Morgan fingerprint density at radius 2 is 2.19 bits per heavy atom. The van der Waals surface area contributed by atoms with Gasteiger partial charge in [0.1, 0.15) is 10.6 Å². The third-order valence-corrected chi connectivity index (χ3v) is 4.58. The van der Waals surface area contributed by atoms with Crippen molar-refractivity contribution in [2.45, 2.75) is 17.7 Å². The number of fused-ring (bicyclic) bond motifs is 1. The first kappa shape index (κ1) is 13.7. The minimum atomic E-state index is -3.77. The summed E-state index contributed by atoms with van der Waals surface area (Å²) >= 11 is 0. The number of nitrogens with two attached hydrogens (primary N) is 1. The minimum absolute atomic E-state index is 0.0704. The van der Waals surface area contributed by atoms with Crippen LogP contribution in [-0.4, -0.2) is 20.0 Å². The molecule has 0 fully saturated rings. The molecule has 3 N–H and O–H groups in total. The first-order valence-corrected chi connectivity index (χ1v) is 8.02. The third-order valence-electron chi connectivity index (χ3n) is 3.19. The lowest BCUT2D eigenvalue weighted by molar-refractivity contribution is 0.280. The second kappa shape index (κ2) is 5.25. The highest BCUT2D eigenvalue weighted by atomic mass is 32.2. The first-order valence-electron chi connectivity index (χ1n) is 6.54. The van der Waals surface area contributed by atoms with Crippen LogP contribution in [0.4, 0.5) is 11.4 Å². The summed E-state index contributed by atoms with van der Waals surface area (Å²) in [4.78, 5) is 3.96. The molecule has 0 atom stereocenters. The Balaban J connectivity index is 2.05. The standard InChI is InChI=1S/C14H15N3O3S/c15-11-7-10-3-2-6-20-14(10)13(8-11)21(18,19)17-12-4-1-5-16-9-12/h1,4-5,7-9,17H,2-3,6,15H2. The topological polar surface area (TPSA) is 94.3 Å². The van der Waals surface area contributed by atoms with Crippen LogP contribution in [0.3, 0.4) is 0 Å². The van der Waals surface area contributed by atoms with E-state index in [0.29, 0.717) is 23.7 Å². The van der Waals surface area contributed by atoms with Gasteiger partial charge in [0.25, 0.3) is 10.0 Å². The number of nitrogen functional groups attached to an aromatic ring is 1. The number of pyridine rings is 1. The van der Waals surface area contributed by atoms with E-state index < -0.39 is 10.0 Å². The molecule has 6 nitrogen and oxygen atoms in total. The number of hydrogen-bond acceptors (Lipinski definition) is 5. The minimum Gasteiger partial charge on any atom is -0.492 e. The summed E-state index contributed by atoms with van der Waals surface area (Å²) in [6.07, 6.45) is 4.63. The monoisotopic (exact) mass is 305 g/mol. The van der Waals surface area contributed by atoms with Crippen molar-refractivity contribution in [3.05, 3.63) is 42.2 Å². The van der Waals surface area contributed by atoms with Gasteiger partial charge in [-0.15, -0.1) is 0 Å². The smallest absolute Gasteiger partial charge is 0.265 e. The van der Waals surface area contributed by atoms with Crippen LogP contribution < -0.4 is 15.2 Å². The lowest BCUT2D eigenvalue weighted by Crippen LogP contribution is -2.18. The number of anilines is 2. The zero-order valence-electron chi connectivity index (χ0n) is 11.2. The molecule has 1 aliphatic heterocycles. The fourth-order valence-corrected chi connectivity index (χ4v) is 3.57. The van der Waals surface area contributed by atoms with Gasteiger partial charge in [-0.2, -0.15) is 0 Å². The Morgan fingerprint density at radius 3 is 2.95 bits per heavy atom. The Bertz CT molecular complexity index is 761. The van der Waals surface area contributed by atoms with E-state index >= 15 is 0 Å². The Hall–Kier alpha value is -2.28. The maximum Gasteiger partial charge on any atom is 0.265 e.